The van der Waals surface area contributed by atoms with Gasteiger partial charge in [-0.2, -0.15) is 0 Å². The molecule has 20 heavy (non-hydrogen) atoms. The molecular weight excluding hydrogens is 258 g/mol. The summed E-state index contributed by atoms with van der Waals surface area (Å²) >= 11 is 0. The van der Waals surface area contributed by atoms with E-state index in [0.29, 0.717) is 17.2 Å². The average molecular weight is 282 g/mol. The second-order valence-corrected chi connectivity index (χ2v) is 5.68. The van der Waals surface area contributed by atoms with Gasteiger partial charge in [-0.3, -0.25) is 4.90 Å². The monoisotopic (exact) mass is 282 g/mol. The lowest BCUT2D eigenvalue weighted by atomic mass is 10.0. The number of halogens is 2. The lowest BCUT2D eigenvalue weighted by Gasteiger charge is -2.31. The van der Waals surface area contributed by atoms with Gasteiger partial charge in [0.2, 0.25) is 0 Å². The van der Waals surface area contributed by atoms with E-state index >= 15 is 0 Å². The van der Waals surface area contributed by atoms with E-state index in [9.17, 15) is 8.78 Å². The van der Waals surface area contributed by atoms with Gasteiger partial charge in [0.15, 0.2) is 0 Å². The Morgan fingerprint density at radius 2 is 2.10 bits per heavy atom. The maximum Gasteiger partial charge on any atom is 0.128 e. The SMILES string of the molecule is CCN(CC1CCCN1)C(C)c1cc(F)c(C)cc1F. The molecule has 0 bridgehead atoms. The van der Waals surface area contributed by atoms with Crippen LogP contribution in [0.1, 0.15) is 43.9 Å². The Hall–Kier alpha value is -1.00. The van der Waals surface area contributed by atoms with Crippen molar-refractivity contribution in [3.05, 3.63) is 34.9 Å². The van der Waals surface area contributed by atoms with E-state index in [-0.39, 0.29) is 17.7 Å². The van der Waals surface area contributed by atoms with Crippen LogP contribution in [0.25, 0.3) is 0 Å². The zero-order valence-corrected chi connectivity index (χ0v) is 12.5. The normalized spacial score (nSPS) is 20.6. The number of hydrogen-bond acceptors (Lipinski definition) is 2. The summed E-state index contributed by atoms with van der Waals surface area (Å²) in [6, 6.07) is 3.00. The maximum absolute atomic E-state index is 14.1. The Kier molecular flexibility index (Phi) is 5.11. The maximum atomic E-state index is 14.1. The van der Waals surface area contributed by atoms with Gasteiger partial charge in [0.1, 0.15) is 11.6 Å². The Balaban J connectivity index is 2.14. The smallest absolute Gasteiger partial charge is 0.128 e. The molecule has 2 unspecified atom stereocenters. The zero-order chi connectivity index (χ0) is 14.7. The van der Waals surface area contributed by atoms with E-state index in [4.69, 9.17) is 0 Å². The van der Waals surface area contributed by atoms with E-state index in [1.165, 1.54) is 18.6 Å². The van der Waals surface area contributed by atoms with Crippen LogP contribution in [0, 0.1) is 18.6 Å². The standard InChI is InChI=1S/C16H24F2N2/c1-4-20(10-13-6-5-7-19-13)12(3)14-9-15(17)11(2)8-16(14)18/h8-9,12-13,19H,4-7,10H2,1-3H3. The molecule has 1 aromatic carbocycles. The highest BCUT2D eigenvalue weighted by Gasteiger charge is 2.23. The summed E-state index contributed by atoms with van der Waals surface area (Å²) in [4.78, 5) is 2.20. The number of benzene rings is 1. The van der Waals surface area contributed by atoms with Gasteiger partial charge in [0.05, 0.1) is 0 Å². The molecule has 0 radical (unpaired) electrons. The van der Waals surface area contributed by atoms with Crippen molar-refractivity contribution < 1.29 is 8.78 Å². The van der Waals surface area contributed by atoms with Crippen LogP contribution in [0.4, 0.5) is 8.78 Å². The van der Waals surface area contributed by atoms with Gasteiger partial charge in [0, 0.05) is 24.2 Å². The highest BCUT2D eigenvalue weighted by atomic mass is 19.1. The van der Waals surface area contributed by atoms with E-state index in [2.05, 4.69) is 17.1 Å². The summed E-state index contributed by atoms with van der Waals surface area (Å²) in [5.74, 6) is -0.641. The first-order valence-corrected chi connectivity index (χ1v) is 7.46. The zero-order valence-electron chi connectivity index (χ0n) is 12.5. The van der Waals surface area contributed by atoms with Gasteiger partial charge < -0.3 is 5.32 Å². The van der Waals surface area contributed by atoms with Crippen molar-refractivity contribution in [2.75, 3.05) is 19.6 Å². The van der Waals surface area contributed by atoms with Crippen LogP contribution >= 0.6 is 0 Å². The van der Waals surface area contributed by atoms with Gasteiger partial charge in [-0.15, -0.1) is 0 Å². The summed E-state index contributed by atoms with van der Waals surface area (Å²) in [6.45, 7) is 8.37. The average Bonchev–Trinajstić information content (AvgIpc) is 2.92. The molecule has 2 nitrogen and oxygen atoms in total. The molecule has 1 aliphatic rings. The summed E-state index contributed by atoms with van der Waals surface area (Å²) < 4.78 is 27.8. The van der Waals surface area contributed by atoms with Crippen LogP contribution in [0.15, 0.2) is 12.1 Å². The third-order valence-electron chi connectivity index (χ3n) is 4.30. The lowest BCUT2D eigenvalue weighted by Crippen LogP contribution is -2.39. The van der Waals surface area contributed by atoms with Crippen LogP contribution in [0.2, 0.25) is 0 Å². The number of aryl methyl sites for hydroxylation is 1. The summed E-state index contributed by atoms with van der Waals surface area (Å²) in [5, 5.41) is 3.45. The van der Waals surface area contributed by atoms with Crippen molar-refractivity contribution in [2.24, 2.45) is 0 Å². The Bertz CT molecular complexity index is 456. The molecule has 1 heterocycles. The van der Waals surface area contributed by atoms with E-state index < -0.39 is 0 Å². The Morgan fingerprint density at radius 3 is 2.70 bits per heavy atom. The first-order chi connectivity index (χ1) is 9.52. The van der Waals surface area contributed by atoms with E-state index in [0.717, 1.165) is 26.1 Å². The molecule has 0 spiro atoms. The van der Waals surface area contributed by atoms with Crippen LogP contribution in [0.3, 0.4) is 0 Å². The van der Waals surface area contributed by atoms with Gasteiger partial charge in [-0.05, 0) is 57.5 Å². The first-order valence-electron chi connectivity index (χ1n) is 7.46. The first kappa shape index (κ1) is 15.4. The van der Waals surface area contributed by atoms with E-state index in [1.54, 1.807) is 6.92 Å². The van der Waals surface area contributed by atoms with Gasteiger partial charge >= 0.3 is 0 Å². The predicted molar refractivity (Wildman–Crippen MR) is 77.8 cm³/mol. The van der Waals surface area contributed by atoms with Crippen molar-refractivity contribution in [1.29, 1.82) is 0 Å². The lowest BCUT2D eigenvalue weighted by molar-refractivity contribution is 0.198. The molecule has 0 saturated carbocycles. The molecular formula is C16H24F2N2. The predicted octanol–water partition coefficient (Wildman–Crippen LogP) is 3.41. The number of hydrogen-bond donors (Lipinski definition) is 1. The molecule has 0 aromatic heterocycles. The third-order valence-corrected chi connectivity index (χ3v) is 4.30. The molecule has 2 atom stereocenters. The molecule has 1 saturated heterocycles. The molecule has 112 valence electrons. The fraction of sp³-hybridized carbons (Fsp3) is 0.625. The minimum Gasteiger partial charge on any atom is -0.313 e. The van der Waals surface area contributed by atoms with Crippen molar-refractivity contribution in [3.63, 3.8) is 0 Å². The minimum absolute atomic E-state index is 0.113. The van der Waals surface area contributed by atoms with Crippen molar-refractivity contribution in [1.82, 2.24) is 10.2 Å². The molecule has 0 aliphatic carbocycles. The van der Waals surface area contributed by atoms with E-state index in [1.807, 2.05) is 6.92 Å². The molecule has 4 heteroatoms. The van der Waals surface area contributed by atoms with Crippen molar-refractivity contribution in [3.8, 4) is 0 Å². The van der Waals surface area contributed by atoms with Crippen molar-refractivity contribution >= 4 is 0 Å². The second kappa shape index (κ2) is 6.64. The largest absolute Gasteiger partial charge is 0.313 e. The fourth-order valence-electron chi connectivity index (χ4n) is 2.94. The molecule has 1 N–H and O–H groups in total. The summed E-state index contributed by atoms with van der Waals surface area (Å²) in [7, 11) is 0. The van der Waals surface area contributed by atoms with Crippen LogP contribution in [-0.2, 0) is 0 Å². The number of likely N-dealkylation sites (N-methyl/N-ethyl adjacent to an activating group) is 1. The second-order valence-electron chi connectivity index (χ2n) is 5.68. The van der Waals surface area contributed by atoms with Gasteiger partial charge in [-0.25, -0.2) is 8.78 Å². The highest BCUT2D eigenvalue weighted by molar-refractivity contribution is 5.27. The van der Waals surface area contributed by atoms with Crippen LogP contribution in [-0.4, -0.2) is 30.6 Å². The van der Waals surface area contributed by atoms with Crippen LogP contribution < -0.4 is 5.32 Å². The molecule has 2 rings (SSSR count). The highest BCUT2D eigenvalue weighted by Crippen LogP contribution is 2.26. The number of nitrogens with zero attached hydrogens (tertiary/aromatic N) is 1. The topological polar surface area (TPSA) is 15.3 Å². The molecule has 1 fully saturated rings. The quantitative estimate of drug-likeness (QED) is 0.890. The number of rotatable bonds is 5. The number of nitrogens with one attached hydrogen (secondary N) is 1. The summed E-state index contributed by atoms with van der Waals surface area (Å²) in [6.07, 6.45) is 2.36. The van der Waals surface area contributed by atoms with Gasteiger partial charge in [0.25, 0.3) is 0 Å². The van der Waals surface area contributed by atoms with Gasteiger partial charge in [-0.1, -0.05) is 6.92 Å². The molecule has 0 amide bonds. The Labute approximate surface area is 120 Å². The van der Waals surface area contributed by atoms with Crippen LogP contribution in [0.5, 0.6) is 0 Å². The summed E-state index contributed by atoms with van der Waals surface area (Å²) in [5.41, 5.74) is 0.812. The minimum atomic E-state index is -0.330. The fourth-order valence-corrected chi connectivity index (χ4v) is 2.94. The third kappa shape index (κ3) is 3.36. The molecule has 1 aromatic rings. The van der Waals surface area contributed by atoms with Crippen molar-refractivity contribution in [2.45, 2.75) is 45.7 Å². The Morgan fingerprint density at radius 1 is 1.35 bits per heavy atom. The molecule has 1 aliphatic heterocycles.